The molecule has 0 bridgehead atoms. The number of likely N-dealkylation sites (N-methyl/N-ethyl adjacent to an activating group) is 2. The van der Waals surface area contributed by atoms with Crippen molar-refractivity contribution in [3.63, 3.8) is 0 Å². The van der Waals surface area contributed by atoms with Gasteiger partial charge >= 0.3 is 0 Å². The third-order valence-electron chi connectivity index (χ3n) is 4.06. The van der Waals surface area contributed by atoms with Gasteiger partial charge in [-0.2, -0.15) is 0 Å². The van der Waals surface area contributed by atoms with Gasteiger partial charge in [0.25, 0.3) is 5.91 Å². The van der Waals surface area contributed by atoms with Crippen LogP contribution in [0.4, 0.5) is 0 Å². The molecule has 1 heterocycles. The minimum Gasteiger partial charge on any atom is -0.340 e. The number of nitrogens with zero attached hydrogens (tertiary/aromatic N) is 2. The molecule has 1 amide bonds. The van der Waals surface area contributed by atoms with Crippen LogP contribution in [0.2, 0.25) is 0 Å². The average molecular weight is 299 g/mol. The highest BCUT2D eigenvalue weighted by molar-refractivity contribution is 5.95. The summed E-state index contributed by atoms with van der Waals surface area (Å²) in [5.41, 5.74) is 5.19. The molecule has 4 nitrogen and oxygen atoms in total. The fourth-order valence-corrected chi connectivity index (χ4v) is 2.75. The van der Waals surface area contributed by atoms with Crippen LogP contribution in [0.1, 0.15) is 27.3 Å². The van der Waals surface area contributed by atoms with Gasteiger partial charge in [0.1, 0.15) is 0 Å². The number of nitrogens with one attached hydrogen (secondary N) is 1. The maximum atomic E-state index is 12.6. The molecule has 2 rings (SSSR count). The molecular formula is C18H25N3O. The van der Waals surface area contributed by atoms with Crippen molar-refractivity contribution in [1.82, 2.24) is 14.8 Å². The summed E-state index contributed by atoms with van der Waals surface area (Å²) in [6.45, 7) is 7.64. The minimum atomic E-state index is 0.0724. The van der Waals surface area contributed by atoms with Crippen LogP contribution in [0.25, 0.3) is 5.69 Å². The maximum Gasteiger partial charge on any atom is 0.255 e. The summed E-state index contributed by atoms with van der Waals surface area (Å²) in [4.78, 5) is 14.4. The minimum absolute atomic E-state index is 0.0724. The number of hydrogen-bond donors (Lipinski definition) is 1. The normalized spacial score (nSPS) is 10.8. The van der Waals surface area contributed by atoms with Gasteiger partial charge in [-0.3, -0.25) is 4.79 Å². The van der Waals surface area contributed by atoms with E-state index in [0.717, 1.165) is 29.2 Å². The van der Waals surface area contributed by atoms with Crippen molar-refractivity contribution in [1.29, 1.82) is 0 Å². The quantitative estimate of drug-likeness (QED) is 0.921. The van der Waals surface area contributed by atoms with Crippen molar-refractivity contribution < 1.29 is 4.79 Å². The Morgan fingerprint density at radius 1 is 1.23 bits per heavy atom. The average Bonchev–Trinajstić information content (AvgIpc) is 2.79. The molecule has 0 saturated heterocycles. The summed E-state index contributed by atoms with van der Waals surface area (Å²) in [5, 5.41) is 3.07. The van der Waals surface area contributed by atoms with E-state index in [1.807, 2.05) is 46.1 Å². The van der Waals surface area contributed by atoms with E-state index in [2.05, 4.69) is 28.9 Å². The van der Waals surface area contributed by atoms with E-state index in [4.69, 9.17) is 0 Å². The lowest BCUT2D eigenvalue weighted by Crippen LogP contribution is -2.33. The van der Waals surface area contributed by atoms with E-state index in [-0.39, 0.29) is 5.91 Å². The first-order valence-electron chi connectivity index (χ1n) is 7.62. The van der Waals surface area contributed by atoms with Gasteiger partial charge < -0.3 is 14.8 Å². The Labute approximate surface area is 132 Å². The molecule has 0 atom stereocenters. The Morgan fingerprint density at radius 2 is 1.91 bits per heavy atom. The van der Waals surface area contributed by atoms with Crippen molar-refractivity contribution in [3.05, 3.63) is 52.8 Å². The van der Waals surface area contributed by atoms with E-state index in [0.29, 0.717) is 6.54 Å². The first kappa shape index (κ1) is 16.3. The Morgan fingerprint density at radius 3 is 2.55 bits per heavy atom. The molecule has 0 spiro atoms. The predicted molar refractivity (Wildman–Crippen MR) is 90.9 cm³/mol. The molecule has 0 aliphatic carbocycles. The van der Waals surface area contributed by atoms with Crippen molar-refractivity contribution in [2.75, 3.05) is 27.2 Å². The van der Waals surface area contributed by atoms with Crippen LogP contribution in [-0.4, -0.2) is 42.6 Å². The zero-order valence-corrected chi connectivity index (χ0v) is 14.1. The molecule has 0 unspecified atom stereocenters. The molecule has 0 aliphatic heterocycles. The first-order valence-corrected chi connectivity index (χ1v) is 7.62. The topological polar surface area (TPSA) is 37.3 Å². The molecule has 0 saturated carbocycles. The smallest absolute Gasteiger partial charge is 0.255 e. The summed E-state index contributed by atoms with van der Waals surface area (Å²) >= 11 is 0. The number of para-hydroxylation sites is 1. The molecule has 118 valence electrons. The van der Waals surface area contributed by atoms with E-state index in [1.54, 1.807) is 4.90 Å². The Balaban J connectivity index is 2.40. The molecule has 0 aliphatic rings. The second-order valence-electron chi connectivity index (χ2n) is 5.74. The predicted octanol–water partition coefficient (Wildman–Crippen LogP) is 2.69. The summed E-state index contributed by atoms with van der Waals surface area (Å²) in [6, 6.07) is 10.2. The van der Waals surface area contributed by atoms with Crippen LogP contribution in [0.5, 0.6) is 0 Å². The molecule has 0 radical (unpaired) electrons. The molecular weight excluding hydrogens is 274 g/mol. The van der Waals surface area contributed by atoms with Crippen molar-refractivity contribution >= 4 is 5.91 Å². The number of aryl methyl sites for hydroxylation is 2. The molecule has 4 heteroatoms. The van der Waals surface area contributed by atoms with E-state index < -0.39 is 0 Å². The van der Waals surface area contributed by atoms with Crippen LogP contribution in [0.3, 0.4) is 0 Å². The SMILES string of the molecule is CNCCN(C)C(=O)c1cc(C)n(-c2ccccc2C)c1C. The second-order valence-corrected chi connectivity index (χ2v) is 5.74. The Kier molecular flexibility index (Phi) is 5.03. The van der Waals surface area contributed by atoms with Crippen molar-refractivity contribution in [2.45, 2.75) is 20.8 Å². The number of aromatic nitrogens is 1. The summed E-state index contributed by atoms with van der Waals surface area (Å²) in [6.07, 6.45) is 0. The van der Waals surface area contributed by atoms with E-state index >= 15 is 0 Å². The van der Waals surface area contributed by atoms with Crippen LogP contribution in [0.15, 0.2) is 30.3 Å². The second kappa shape index (κ2) is 6.79. The van der Waals surface area contributed by atoms with Gasteiger partial charge in [-0.1, -0.05) is 18.2 Å². The Bertz CT molecular complexity index is 673. The van der Waals surface area contributed by atoms with Gasteiger partial charge in [0.15, 0.2) is 0 Å². The lowest BCUT2D eigenvalue weighted by atomic mass is 10.2. The van der Waals surface area contributed by atoms with Crippen LogP contribution >= 0.6 is 0 Å². The van der Waals surface area contributed by atoms with Gasteiger partial charge in [-0.05, 0) is 45.5 Å². The number of benzene rings is 1. The van der Waals surface area contributed by atoms with Crippen molar-refractivity contribution in [3.8, 4) is 5.69 Å². The van der Waals surface area contributed by atoms with E-state index in [9.17, 15) is 4.79 Å². The molecule has 1 N–H and O–H groups in total. The zero-order valence-electron chi connectivity index (χ0n) is 14.1. The number of amides is 1. The lowest BCUT2D eigenvalue weighted by Gasteiger charge is -2.17. The standard InChI is InChI=1S/C18H25N3O/c1-13-8-6-7-9-17(13)21-14(2)12-16(15(21)3)18(22)20(5)11-10-19-4/h6-9,12,19H,10-11H2,1-5H3. The first-order chi connectivity index (χ1) is 10.5. The summed E-state index contributed by atoms with van der Waals surface area (Å²) < 4.78 is 2.16. The fourth-order valence-electron chi connectivity index (χ4n) is 2.75. The van der Waals surface area contributed by atoms with Gasteiger partial charge in [-0.15, -0.1) is 0 Å². The Hall–Kier alpha value is -2.07. The molecule has 2 aromatic rings. The molecule has 1 aromatic heterocycles. The molecule has 22 heavy (non-hydrogen) atoms. The number of hydrogen-bond acceptors (Lipinski definition) is 2. The van der Waals surface area contributed by atoms with Crippen LogP contribution in [0, 0.1) is 20.8 Å². The maximum absolute atomic E-state index is 12.6. The third kappa shape index (κ3) is 3.07. The third-order valence-corrected chi connectivity index (χ3v) is 4.06. The fraction of sp³-hybridized carbons (Fsp3) is 0.389. The van der Waals surface area contributed by atoms with E-state index in [1.165, 1.54) is 5.56 Å². The van der Waals surface area contributed by atoms with Crippen LogP contribution in [-0.2, 0) is 0 Å². The van der Waals surface area contributed by atoms with Crippen molar-refractivity contribution in [2.24, 2.45) is 0 Å². The lowest BCUT2D eigenvalue weighted by molar-refractivity contribution is 0.0796. The highest BCUT2D eigenvalue weighted by atomic mass is 16.2. The van der Waals surface area contributed by atoms with Gasteiger partial charge in [0.2, 0.25) is 0 Å². The van der Waals surface area contributed by atoms with Gasteiger partial charge in [0, 0.05) is 37.2 Å². The number of carbonyl (C=O) groups is 1. The number of carbonyl (C=O) groups excluding carboxylic acids is 1. The molecule has 0 fully saturated rings. The van der Waals surface area contributed by atoms with Gasteiger partial charge in [0.05, 0.1) is 5.56 Å². The highest BCUT2D eigenvalue weighted by Crippen LogP contribution is 2.23. The monoisotopic (exact) mass is 299 g/mol. The van der Waals surface area contributed by atoms with Gasteiger partial charge in [-0.25, -0.2) is 0 Å². The number of rotatable bonds is 5. The largest absolute Gasteiger partial charge is 0.340 e. The summed E-state index contributed by atoms with van der Waals surface area (Å²) in [5.74, 6) is 0.0724. The van der Waals surface area contributed by atoms with Crippen LogP contribution < -0.4 is 5.32 Å². The summed E-state index contributed by atoms with van der Waals surface area (Å²) in [7, 11) is 3.74. The highest BCUT2D eigenvalue weighted by Gasteiger charge is 2.19. The zero-order chi connectivity index (χ0) is 16.3. The molecule has 1 aromatic carbocycles.